The van der Waals surface area contributed by atoms with E-state index in [1.807, 2.05) is 31.1 Å². The van der Waals surface area contributed by atoms with Crippen molar-refractivity contribution in [1.29, 1.82) is 0 Å². The van der Waals surface area contributed by atoms with Gasteiger partial charge in [-0.3, -0.25) is 14.7 Å². The lowest BCUT2D eigenvalue weighted by Crippen LogP contribution is -2.36. The number of hydrogen-bond acceptors (Lipinski definition) is 5. The van der Waals surface area contributed by atoms with E-state index in [1.165, 1.54) is 5.56 Å². The molecule has 2 aromatic heterocycles. The Morgan fingerprint density at radius 3 is 2.67 bits per heavy atom. The van der Waals surface area contributed by atoms with E-state index in [2.05, 4.69) is 27.0 Å². The predicted molar refractivity (Wildman–Crippen MR) is 96.0 cm³/mol. The molecule has 0 atom stereocenters. The molecule has 2 aromatic rings. The molecule has 3 rings (SSSR count). The zero-order valence-corrected chi connectivity index (χ0v) is 15.2. The molecule has 0 radical (unpaired) electrons. The molecule has 1 aliphatic rings. The number of nitrogens with zero attached hydrogens (tertiary/aromatic N) is 4. The molecule has 0 bridgehead atoms. The Kier molecular flexibility index (Phi) is 5.58. The molecular formula is C18H24N4OS. The molecule has 5 nitrogen and oxygen atoms in total. The second-order valence-electron chi connectivity index (χ2n) is 6.28. The van der Waals surface area contributed by atoms with E-state index in [4.69, 9.17) is 0 Å². The van der Waals surface area contributed by atoms with Crippen LogP contribution in [0.25, 0.3) is 0 Å². The third-order valence-corrected chi connectivity index (χ3v) is 5.48. The highest BCUT2D eigenvalue weighted by molar-refractivity contribution is 7.11. The van der Waals surface area contributed by atoms with Crippen molar-refractivity contribution >= 4 is 17.2 Å². The van der Waals surface area contributed by atoms with Gasteiger partial charge in [-0.25, -0.2) is 4.98 Å². The minimum Gasteiger partial charge on any atom is -0.341 e. The van der Waals surface area contributed by atoms with Gasteiger partial charge in [-0.15, -0.1) is 11.3 Å². The van der Waals surface area contributed by atoms with Gasteiger partial charge < -0.3 is 4.90 Å². The first-order valence-electron chi connectivity index (χ1n) is 8.44. The minimum atomic E-state index is 0.229. The number of carbonyl (C=O) groups excluding carboxylic acids is 1. The lowest BCUT2D eigenvalue weighted by molar-refractivity contribution is -0.130. The van der Waals surface area contributed by atoms with E-state index >= 15 is 0 Å². The van der Waals surface area contributed by atoms with E-state index in [9.17, 15) is 4.79 Å². The Hall–Kier alpha value is -1.79. The van der Waals surface area contributed by atoms with Gasteiger partial charge in [0.1, 0.15) is 0 Å². The molecule has 1 fully saturated rings. The number of carbonyl (C=O) groups is 1. The summed E-state index contributed by atoms with van der Waals surface area (Å²) >= 11 is 1.64. The van der Waals surface area contributed by atoms with Crippen LogP contribution < -0.4 is 0 Å². The number of rotatable bonds is 4. The van der Waals surface area contributed by atoms with Crippen LogP contribution in [0.1, 0.15) is 27.6 Å². The topological polar surface area (TPSA) is 49.3 Å². The van der Waals surface area contributed by atoms with Crippen LogP contribution in [0.15, 0.2) is 24.5 Å². The first-order valence-corrected chi connectivity index (χ1v) is 9.25. The van der Waals surface area contributed by atoms with Gasteiger partial charge in [0.2, 0.25) is 5.91 Å². The van der Waals surface area contributed by atoms with Gasteiger partial charge in [0.15, 0.2) is 0 Å². The maximum Gasteiger partial charge on any atom is 0.227 e. The largest absolute Gasteiger partial charge is 0.341 e. The van der Waals surface area contributed by atoms with Crippen LogP contribution in [-0.4, -0.2) is 51.9 Å². The van der Waals surface area contributed by atoms with E-state index in [-0.39, 0.29) is 5.91 Å². The number of hydrogen-bond donors (Lipinski definition) is 0. The van der Waals surface area contributed by atoms with Crippen LogP contribution in [0.3, 0.4) is 0 Å². The van der Waals surface area contributed by atoms with Crippen LogP contribution >= 0.6 is 11.3 Å². The SMILES string of the molecule is Cc1nc(C)c(CC(=O)N2CCCN(Cc3ccncc3)CC2)s1. The minimum absolute atomic E-state index is 0.229. The molecule has 128 valence electrons. The molecule has 1 amide bonds. The third-order valence-electron chi connectivity index (χ3n) is 4.41. The van der Waals surface area contributed by atoms with Crippen molar-refractivity contribution in [2.75, 3.05) is 26.2 Å². The summed E-state index contributed by atoms with van der Waals surface area (Å²) in [5, 5.41) is 1.04. The monoisotopic (exact) mass is 344 g/mol. The summed E-state index contributed by atoms with van der Waals surface area (Å²) in [7, 11) is 0. The molecule has 24 heavy (non-hydrogen) atoms. The van der Waals surface area contributed by atoms with Crippen LogP contribution in [0.2, 0.25) is 0 Å². The highest BCUT2D eigenvalue weighted by Gasteiger charge is 2.20. The van der Waals surface area contributed by atoms with E-state index in [1.54, 1.807) is 11.3 Å². The van der Waals surface area contributed by atoms with Gasteiger partial charge in [-0.2, -0.15) is 0 Å². The molecule has 1 saturated heterocycles. The zero-order valence-electron chi connectivity index (χ0n) is 14.4. The van der Waals surface area contributed by atoms with E-state index in [0.717, 1.165) is 54.7 Å². The molecule has 0 spiro atoms. The fourth-order valence-electron chi connectivity index (χ4n) is 3.11. The van der Waals surface area contributed by atoms with E-state index in [0.29, 0.717) is 6.42 Å². The number of amides is 1. The fourth-order valence-corrected chi connectivity index (χ4v) is 4.04. The van der Waals surface area contributed by atoms with Crippen molar-refractivity contribution in [2.24, 2.45) is 0 Å². The molecule has 6 heteroatoms. The summed E-state index contributed by atoms with van der Waals surface area (Å²) in [6, 6.07) is 4.12. The number of aryl methyl sites for hydroxylation is 2. The van der Waals surface area contributed by atoms with Crippen molar-refractivity contribution < 1.29 is 4.79 Å². The van der Waals surface area contributed by atoms with Crippen molar-refractivity contribution in [3.05, 3.63) is 45.7 Å². The number of aromatic nitrogens is 2. The first kappa shape index (κ1) is 17.0. The van der Waals surface area contributed by atoms with E-state index < -0.39 is 0 Å². The molecule has 3 heterocycles. The molecule has 0 N–H and O–H groups in total. The maximum atomic E-state index is 12.6. The van der Waals surface area contributed by atoms with Crippen LogP contribution in [-0.2, 0) is 17.8 Å². The van der Waals surface area contributed by atoms with Gasteiger partial charge in [0.25, 0.3) is 0 Å². The summed E-state index contributed by atoms with van der Waals surface area (Å²) in [4.78, 5) is 26.7. The summed E-state index contributed by atoms with van der Waals surface area (Å²) in [6.07, 6.45) is 5.18. The second kappa shape index (κ2) is 7.85. The van der Waals surface area contributed by atoms with Gasteiger partial charge in [-0.05, 0) is 38.0 Å². The third kappa shape index (κ3) is 4.39. The summed E-state index contributed by atoms with van der Waals surface area (Å²) < 4.78 is 0. The maximum absolute atomic E-state index is 12.6. The Bertz CT molecular complexity index is 686. The van der Waals surface area contributed by atoms with Crippen molar-refractivity contribution in [3.8, 4) is 0 Å². The average molecular weight is 344 g/mol. The number of pyridine rings is 1. The van der Waals surface area contributed by atoms with Crippen molar-refractivity contribution in [2.45, 2.75) is 33.2 Å². The van der Waals surface area contributed by atoms with Gasteiger partial charge in [0.05, 0.1) is 17.1 Å². The van der Waals surface area contributed by atoms with Gasteiger partial charge in [-0.1, -0.05) is 0 Å². The normalized spacial score (nSPS) is 16.2. The predicted octanol–water partition coefficient (Wildman–Crippen LogP) is 2.43. The molecule has 0 aliphatic carbocycles. The second-order valence-corrected chi connectivity index (χ2v) is 7.57. The van der Waals surface area contributed by atoms with Gasteiger partial charge >= 0.3 is 0 Å². The quantitative estimate of drug-likeness (QED) is 0.855. The first-order chi connectivity index (χ1) is 11.6. The highest BCUT2D eigenvalue weighted by atomic mass is 32.1. The average Bonchev–Trinajstić information content (AvgIpc) is 2.76. The molecule has 0 unspecified atom stereocenters. The number of thiazole rings is 1. The Morgan fingerprint density at radius 1 is 1.17 bits per heavy atom. The lowest BCUT2D eigenvalue weighted by atomic mass is 10.2. The van der Waals surface area contributed by atoms with Crippen LogP contribution in [0.5, 0.6) is 0 Å². The summed E-state index contributed by atoms with van der Waals surface area (Å²) in [5.74, 6) is 0.229. The Balaban J connectivity index is 1.55. The highest BCUT2D eigenvalue weighted by Crippen LogP contribution is 2.19. The van der Waals surface area contributed by atoms with Crippen LogP contribution in [0.4, 0.5) is 0 Å². The summed E-state index contributed by atoms with van der Waals surface area (Å²) in [5.41, 5.74) is 2.28. The molecule has 0 aromatic carbocycles. The van der Waals surface area contributed by atoms with Crippen LogP contribution in [0, 0.1) is 13.8 Å². The molecular weight excluding hydrogens is 320 g/mol. The van der Waals surface area contributed by atoms with Crippen molar-refractivity contribution in [3.63, 3.8) is 0 Å². The van der Waals surface area contributed by atoms with Gasteiger partial charge in [0, 0.05) is 50.0 Å². The fraction of sp³-hybridized carbons (Fsp3) is 0.500. The molecule has 0 saturated carbocycles. The zero-order chi connectivity index (χ0) is 16.9. The smallest absolute Gasteiger partial charge is 0.227 e. The Morgan fingerprint density at radius 2 is 1.96 bits per heavy atom. The van der Waals surface area contributed by atoms with Crippen molar-refractivity contribution in [1.82, 2.24) is 19.8 Å². The summed E-state index contributed by atoms with van der Waals surface area (Å²) in [6.45, 7) is 8.53. The standard InChI is InChI=1S/C18H24N4OS/c1-14-17(24-15(2)20-14)12-18(23)22-9-3-8-21(10-11-22)13-16-4-6-19-7-5-16/h4-7H,3,8-13H2,1-2H3. The Labute approximate surface area is 147 Å². The lowest BCUT2D eigenvalue weighted by Gasteiger charge is -2.22. The molecule has 1 aliphatic heterocycles.